The first-order valence-electron chi connectivity index (χ1n) is 7.89. The van der Waals surface area contributed by atoms with Gasteiger partial charge in [0.25, 0.3) is 0 Å². The van der Waals surface area contributed by atoms with Gasteiger partial charge < -0.3 is 10.2 Å². The van der Waals surface area contributed by atoms with Crippen molar-refractivity contribution in [1.29, 1.82) is 0 Å². The predicted octanol–water partition coefficient (Wildman–Crippen LogP) is 1.94. The summed E-state index contributed by atoms with van der Waals surface area (Å²) in [6.45, 7) is 9.08. The van der Waals surface area contributed by atoms with Crippen LogP contribution in [-0.2, 0) is 9.59 Å². The van der Waals surface area contributed by atoms with Crippen LogP contribution in [0.5, 0.6) is 0 Å². The van der Waals surface area contributed by atoms with Gasteiger partial charge in [0, 0.05) is 6.04 Å². The molecule has 3 fully saturated rings. The molecule has 20 heavy (non-hydrogen) atoms. The highest BCUT2D eigenvalue weighted by molar-refractivity contribution is 5.95. The van der Waals surface area contributed by atoms with E-state index in [0.717, 1.165) is 0 Å². The monoisotopic (exact) mass is 278 g/mol. The molecule has 1 saturated heterocycles. The first-order chi connectivity index (χ1) is 9.29. The molecule has 2 bridgehead atoms. The van der Waals surface area contributed by atoms with E-state index in [4.69, 9.17) is 0 Å². The number of hydrogen-bond donors (Lipinski definition) is 1. The van der Waals surface area contributed by atoms with Gasteiger partial charge in [0.15, 0.2) is 0 Å². The van der Waals surface area contributed by atoms with E-state index in [9.17, 15) is 9.59 Å². The molecule has 4 atom stereocenters. The Labute approximate surface area is 121 Å². The lowest BCUT2D eigenvalue weighted by Crippen LogP contribution is -2.65. The Hall–Kier alpha value is -1.06. The number of hydrogen-bond acceptors (Lipinski definition) is 2. The molecule has 1 heterocycles. The van der Waals surface area contributed by atoms with Gasteiger partial charge in [-0.3, -0.25) is 9.59 Å². The number of amides is 2. The van der Waals surface area contributed by atoms with E-state index in [-0.39, 0.29) is 41.3 Å². The highest BCUT2D eigenvalue weighted by Crippen LogP contribution is 2.64. The third kappa shape index (κ3) is 1.73. The Balaban J connectivity index is 1.95. The van der Waals surface area contributed by atoms with Crippen molar-refractivity contribution >= 4 is 11.8 Å². The van der Waals surface area contributed by atoms with Crippen molar-refractivity contribution in [2.24, 2.45) is 16.7 Å². The number of piperazine rings is 1. The Morgan fingerprint density at radius 1 is 1.30 bits per heavy atom. The van der Waals surface area contributed by atoms with E-state index in [1.807, 2.05) is 11.8 Å². The molecule has 4 unspecified atom stereocenters. The number of nitrogens with zero attached hydrogens (tertiary/aromatic N) is 1. The molecule has 4 nitrogen and oxygen atoms in total. The van der Waals surface area contributed by atoms with E-state index in [1.165, 1.54) is 19.3 Å². The standard InChI is InChI=1S/C16H26N2O2/c1-5-11-13(20)18(9-12(19)17-11)14-15(2,3)10-6-7-16(14,4)8-10/h10-11,14H,5-9H2,1-4H3,(H,17,19). The van der Waals surface area contributed by atoms with E-state index >= 15 is 0 Å². The van der Waals surface area contributed by atoms with Gasteiger partial charge in [0.2, 0.25) is 11.8 Å². The highest BCUT2D eigenvalue weighted by Gasteiger charge is 2.62. The predicted molar refractivity (Wildman–Crippen MR) is 77.0 cm³/mol. The van der Waals surface area contributed by atoms with Gasteiger partial charge in [-0.25, -0.2) is 0 Å². The summed E-state index contributed by atoms with van der Waals surface area (Å²) in [5.41, 5.74) is 0.318. The van der Waals surface area contributed by atoms with Crippen molar-refractivity contribution in [1.82, 2.24) is 10.2 Å². The summed E-state index contributed by atoms with van der Waals surface area (Å²) in [4.78, 5) is 26.6. The molecule has 2 saturated carbocycles. The van der Waals surface area contributed by atoms with Crippen LogP contribution in [0.25, 0.3) is 0 Å². The zero-order valence-electron chi connectivity index (χ0n) is 13.0. The fourth-order valence-electron chi connectivity index (χ4n) is 5.28. The fraction of sp³-hybridized carbons (Fsp3) is 0.875. The maximum Gasteiger partial charge on any atom is 0.245 e. The SMILES string of the molecule is CCC1NC(=O)CN(C2C3(C)CCC(C3)C2(C)C)C1=O. The van der Waals surface area contributed by atoms with Crippen LogP contribution in [-0.4, -0.2) is 35.3 Å². The van der Waals surface area contributed by atoms with Gasteiger partial charge in [-0.15, -0.1) is 0 Å². The number of carbonyl (C=O) groups is 2. The zero-order chi connectivity index (χ0) is 14.7. The fourth-order valence-corrected chi connectivity index (χ4v) is 5.28. The molecule has 0 spiro atoms. The van der Waals surface area contributed by atoms with E-state index in [2.05, 4.69) is 26.1 Å². The van der Waals surface area contributed by atoms with Crippen LogP contribution in [0.4, 0.5) is 0 Å². The minimum absolute atomic E-state index is 0.00127. The number of rotatable bonds is 2. The number of fused-ring (bicyclic) bond motifs is 2. The van der Waals surface area contributed by atoms with Crippen molar-refractivity contribution in [3.05, 3.63) is 0 Å². The second-order valence-electron chi connectivity index (χ2n) is 7.81. The van der Waals surface area contributed by atoms with Crippen molar-refractivity contribution in [2.45, 2.75) is 65.5 Å². The van der Waals surface area contributed by atoms with Gasteiger partial charge in [-0.05, 0) is 42.4 Å². The molecular weight excluding hydrogens is 252 g/mol. The molecule has 2 aliphatic carbocycles. The molecule has 3 rings (SSSR count). The smallest absolute Gasteiger partial charge is 0.245 e. The molecule has 1 aliphatic heterocycles. The third-order valence-corrected chi connectivity index (χ3v) is 6.14. The minimum atomic E-state index is -0.324. The molecule has 0 aromatic carbocycles. The highest BCUT2D eigenvalue weighted by atomic mass is 16.2. The minimum Gasteiger partial charge on any atom is -0.343 e. The maximum absolute atomic E-state index is 12.7. The lowest BCUT2D eigenvalue weighted by molar-refractivity contribution is -0.153. The molecule has 0 aromatic rings. The third-order valence-electron chi connectivity index (χ3n) is 6.14. The summed E-state index contributed by atoms with van der Waals surface area (Å²) in [6, 6.07) is -0.115. The quantitative estimate of drug-likeness (QED) is 0.839. The molecule has 1 N–H and O–H groups in total. The Morgan fingerprint density at radius 3 is 2.55 bits per heavy atom. The largest absolute Gasteiger partial charge is 0.343 e. The van der Waals surface area contributed by atoms with Gasteiger partial charge >= 0.3 is 0 Å². The van der Waals surface area contributed by atoms with Crippen LogP contribution in [0.1, 0.15) is 53.4 Å². The van der Waals surface area contributed by atoms with Crippen LogP contribution in [0, 0.1) is 16.7 Å². The summed E-state index contributed by atoms with van der Waals surface area (Å²) in [5.74, 6) is 0.813. The molecular formula is C16H26N2O2. The molecule has 3 aliphatic rings. The van der Waals surface area contributed by atoms with Crippen LogP contribution in [0.3, 0.4) is 0 Å². The summed E-state index contributed by atoms with van der Waals surface area (Å²) in [5, 5.41) is 2.82. The first-order valence-corrected chi connectivity index (χ1v) is 7.89. The molecule has 0 radical (unpaired) electrons. The van der Waals surface area contributed by atoms with Crippen molar-refractivity contribution in [3.63, 3.8) is 0 Å². The Kier molecular flexibility index (Phi) is 2.93. The van der Waals surface area contributed by atoms with E-state index in [0.29, 0.717) is 12.3 Å². The van der Waals surface area contributed by atoms with Crippen LogP contribution in [0.2, 0.25) is 0 Å². The van der Waals surface area contributed by atoms with Gasteiger partial charge in [-0.1, -0.05) is 27.7 Å². The second-order valence-corrected chi connectivity index (χ2v) is 7.81. The summed E-state index contributed by atoms with van der Waals surface area (Å²) < 4.78 is 0. The summed E-state index contributed by atoms with van der Waals surface area (Å²) in [7, 11) is 0. The first kappa shape index (κ1) is 13.9. The lowest BCUT2D eigenvalue weighted by atomic mass is 9.67. The Morgan fingerprint density at radius 2 is 2.00 bits per heavy atom. The molecule has 0 aromatic heterocycles. The lowest BCUT2D eigenvalue weighted by Gasteiger charge is -2.50. The average Bonchev–Trinajstić information content (AvgIpc) is 2.84. The summed E-state index contributed by atoms with van der Waals surface area (Å²) >= 11 is 0. The van der Waals surface area contributed by atoms with Crippen LogP contribution in [0.15, 0.2) is 0 Å². The van der Waals surface area contributed by atoms with Gasteiger partial charge in [0.05, 0.1) is 6.54 Å². The second kappa shape index (κ2) is 4.22. The van der Waals surface area contributed by atoms with Gasteiger partial charge in [-0.2, -0.15) is 0 Å². The number of carbonyl (C=O) groups excluding carboxylic acids is 2. The molecule has 2 amide bonds. The zero-order valence-corrected chi connectivity index (χ0v) is 13.0. The molecule has 4 heteroatoms. The van der Waals surface area contributed by atoms with Crippen molar-refractivity contribution in [3.8, 4) is 0 Å². The van der Waals surface area contributed by atoms with E-state index < -0.39 is 0 Å². The van der Waals surface area contributed by atoms with Crippen molar-refractivity contribution < 1.29 is 9.59 Å². The van der Waals surface area contributed by atoms with Gasteiger partial charge in [0.1, 0.15) is 6.04 Å². The summed E-state index contributed by atoms with van der Waals surface area (Å²) in [6.07, 6.45) is 4.33. The van der Waals surface area contributed by atoms with Crippen molar-refractivity contribution in [2.75, 3.05) is 6.54 Å². The topological polar surface area (TPSA) is 49.4 Å². The Bertz CT molecular complexity index is 455. The average molecular weight is 278 g/mol. The number of nitrogens with one attached hydrogen (secondary N) is 1. The normalized spacial score (nSPS) is 43.0. The molecule has 112 valence electrons. The van der Waals surface area contributed by atoms with E-state index in [1.54, 1.807) is 0 Å². The van der Waals surface area contributed by atoms with Crippen LogP contribution >= 0.6 is 0 Å². The maximum atomic E-state index is 12.7. The van der Waals surface area contributed by atoms with Crippen LogP contribution < -0.4 is 5.32 Å².